The maximum absolute atomic E-state index is 2.64. The number of hydrogen-bond acceptors (Lipinski definition) is 1. The van der Waals surface area contributed by atoms with Crippen molar-refractivity contribution in [3.05, 3.63) is 151 Å². The first-order valence-electron chi connectivity index (χ1n) is 16.7. The summed E-state index contributed by atoms with van der Waals surface area (Å²) in [5.74, 6) is 0.433. The molecule has 2 aromatic heterocycles. The largest absolute Gasteiger partial charge is 0.314 e. The van der Waals surface area contributed by atoms with Crippen LogP contribution in [0.1, 0.15) is 30.5 Å². The number of anilines is 3. The molecule has 1 atom stereocenters. The van der Waals surface area contributed by atoms with Crippen LogP contribution in [0.2, 0.25) is 0 Å². The normalized spacial score (nSPS) is 15.3. The van der Waals surface area contributed by atoms with E-state index >= 15 is 0 Å². The zero-order valence-corrected chi connectivity index (χ0v) is 26.1. The van der Waals surface area contributed by atoms with Crippen molar-refractivity contribution in [2.75, 3.05) is 4.90 Å². The third kappa shape index (κ3) is 3.18. The van der Waals surface area contributed by atoms with Crippen LogP contribution in [0.4, 0.5) is 17.1 Å². The highest BCUT2D eigenvalue weighted by atomic mass is 15.2. The number of benzene rings is 6. The average molecular weight is 600 g/mol. The van der Waals surface area contributed by atoms with E-state index in [4.69, 9.17) is 0 Å². The molecule has 0 saturated heterocycles. The Morgan fingerprint density at radius 3 is 2.00 bits per heavy atom. The van der Waals surface area contributed by atoms with Crippen molar-refractivity contribution in [2.45, 2.75) is 19.3 Å². The summed E-state index contributed by atoms with van der Waals surface area (Å²) in [6, 6.07) is 49.4. The zero-order chi connectivity index (χ0) is 30.8. The smallest absolute Gasteiger partial charge is 0.252 e. The van der Waals surface area contributed by atoms with Gasteiger partial charge >= 0.3 is 0 Å². The van der Waals surface area contributed by atoms with E-state index in [1.807, 2.05) is 0 Å². The molecule has 11 rings (SSSR count). The van der Waals surface area contributed by atoms with Gasteiger partial charge in [0.25, 0.3) is 6.71 Å². The highest BCUT2D eigenvalue weighted by molar-refractivity contribution is 7.00. The minimum Gasteiger partial charge on any atom is -0.314 e. The molecule has 6 aromatic carbocycles. The SMILES string of the molecule is CC1CC=Cc2c1n1c3c(cccc23)B2c3c-1ccc(N(c1ccccc1)c1ccccc1)c3-n1c3ccccc3c3cccc2c31. The van der Waals surface area contributed by atoms with Crippen LogP contribution in [0.15, 0.2) is 140 Å². The second-order valence-electron chi connectivity index (χ2n) is 13.3. The molecule has 0 fully saturated rings. The Labute approximate surface area is 273 Å². The third-order valence-corrected chi connectivity index (χ3v) is 10.9. The van der Waals surface area contributed by atoms with Crippen LogP contribution in [0.25, 0.3) is 50.2 Å². The number of fused-ring (bicyclic) bond motifs is 10. The van der Waals surface area contributed by atoms with E-state index in [0.29, 0.717) is 5.92 Å². The van der Waals surface area contributed by atoms with E-state index in [-0.39, 0.29) is 6.71 Å². The summed E-state index contributed by atoms with van der Waals surface area (Å²) in [5, 5.41) is 3.98. The molecule has 0 bridgehead atoms. The summed E-state index contributed by atoms with van der Waals surface area (Å²) in [5.41, 5.74) is 17.0. The Morgan fingerprint density at radius 2 is 1.26 bits per heavy atom. The predicted molar refractivity (Wildman–Crippen MR) is 199 cm³/mol. The summed E-state index contributed by atoms with van der Waals surface area (Å²) >= 11 is 0. The van der Waals surface area contributed by atoms with Crippen molar-refractivity contribution in [3.8, 4) is 11.4 Å². The lowest BCUT2D eigenvalue weighted by molar-refractivity contribution is 0.724. The van der Waals surface area contributed by atoms with Crippen LogP contribution in [-0.2, 0) is 0 Å². The molecule has 3 nitrogen and oxygen atoms in total. The van der Waals surface area contributed by atoms with Crippen LogP contribution in [0, 0.1) is 0 Å². The first-order chi connectivity index (χ1) is 23.3. The Bertz CT molecular complexity index is 2590. The molecule has 0 radical (unpaired) electrons. The van der Waals surface area contributed by atoms with Crippen LogP contribution in [-0.4, -0.2) is 15.8 Å². The molecular formula is C43H30BN3. The van der Waals surface area contributed by atoms with Gasteiger partial charge in [-0.3, -0.25) is 0 Å². The average Bonchev–Trinajstić information content (AvgIpc) is 3.65. The Morgan fingerprint density at radius 1 is 0.617 bits per heavy atom. The minimum absolute atomic E-state index is 0.112. The number of hydrogen-bond donors (Lipinski definition) is 0. The molecule has 4 heteroatoms. The fourth-order valence-corrected chi connectivity index (χ4v) is 9.10. The second kappa shape index (κ2) is 9.17. The van der Waals surface area contributed by atoms with Gasteiger partial charge in [-0.2, -0.15) is 0 Å². The van der Waals surface area contributed by atoms with E-state index in [1.165, 1.54) is 77.4 Å². The van der Waals surface area contributed by atoms with Crippen molar-refractivity contribution in [1.82, 2.24) is 9.13 Å². The van der Waals surface area contributed by atoms with Gasteiger partial charge in [-0.05, 0) is 65.3 Å². The lowest BCUT2D eigenvalue weighted by Crippen LogP contribution is -2.59. The molecule has 220 valence electrons. The minimum atomic E-state index is 0.112. The molecule has 3 aliphatic rings. The summed E-state index contributed by atoms with van der Waals surface area (Å²) in [6.07, 6.45) is 5.80. The second-order valence-corrected chi connectivity index (χ2v) is 13.3. The topological polar surface area (TPSA) is 13.1 Å². The molecule has 2 aliphatic heterocycles. The van der Waals surface area contributed by atoms with Crippen molar-refractivity contribution in [1.29, 1.82) is 0 Å². The summed E-state index contributed by atoms with van der Waals surface area (Å²) in [7, 11) is 0. The molecule has 0 saturated carbocycles. The molecule has 4 heterocycles. The van der Waals surface area contributed by atoms with Crippen molar-refractivity contribution >= 4 is 78.9 Å². The van der Waals surface area contributed by atoms with Crippen molar-refractivity contribution < 1.29 is 0 Å². The third-order valence-electron chi connectivity index (χ3n) is 10.9. The van der Waals surface area contributed by atoms with E-state index in [2.05, 4.69) is 167 Å². The van der Waals surface area contributed by atoms with E-state index in [9.17, 15) is 0 Å². The summed E-state index contributed by atoms with van der Waals surface area (Å²) in [4.78, 5) is 2.45. The van der Waals surface area contributed by atoms with E-state index in [1.54, 1.807) is 0 Å². The fourth-order valence-electron chi connectivity index (χ4n) is 9.10. The highest BCUT2D eigenvalue weighted by Crippen LogP contribution is 2.46. The van der Waals surface area contributed by atoms with Crippen LogP contribution in [0.5, 0.6) is 0 Å². The van der Waals surface area contributed by atoms with Gasteiger partial charge in [0, 0.05) is 61.4 Å². The lowest BCUT2D eigenvalue weighted by atomic mass is 9.34. The van der Waals surface area contributed by atoms with Gasteiger partial charge in [0.15, 0.2) is 0 Å². The van der Waals surface area contributed by atoms with Gasteiger partial charge in [-0.25, -0.2) is 0 Å². The number of allylic oxidation sites excluding steroid dienone is 1. The molecule has 8 aromatic rings. The first-order valence-corrected chi connectivity index (χ1v) is 16.7. The maximum atomic E-state index is 2.64. The zero-order valence-electron chi connectivity index (χ0n) is 26.1. The van der Waals surface area contributed by atoms with Crippen LogP contribution < -0.4 is 21.3 Å². The standard InChI is InChI=1S/C43H30BN3/c1-27-13-10-19-32-33-21-12-23-35-42(33)47(40(27)32)37-25-26-38(45(28-14-4-2-5-15-28)29-16-6-3-7-17-29)43-39(37)44(35)34-22-11-20-31-30-18-8-9-24-36(30)46(43)41(31)34/h2-12,14-27H,13H2,1H3. The monoisotopic (exact) mass is 599 g/mol. The number of rotatable bonds is 3. The molecule has 47 heavy (non-hydrogen) atoms. The van der Waals surface area contributed by atoms with Gasteiger partial charge in [-0.15, -0.1) is 0 Å². The predicted octanol–water partition coefficient (Wildman–Crippen LogP) is 8.86. The quantitative estimate of drug-likeness (QED) is 0.185. The Kier molecular flexibility index (Phi) is 4.97. The summed E-state index contributed by atoms with van der Waals surface area (Å²) < 4.78 is 5.23. The Hall–Kier alpha value is -5.74. The van der Waals surface area contributed by atoms with Gasteiger partial charge in [0.1, 0.15) is 0 Å². The van der Waals surface area contributed by atoms with Gasteiger partial charge in [-0.1, -0.05) is 110 Å². The van der Waals surface area contributed by atoms with Crippen LogP contribution in [0.3, 0.4) is 0 Å². The number of nitrogens with zero attached hydrogens (tertiary/aromatic N) is 3. The van der Waals surface area contributed by atoms with Gasteiger partial charge in [0.2, 0.25) is 0 Å². The van der Waals surface area contributed by atoms with E-state index in [0.717, 1.165) is 17.8 Å². The fraction of sp³-hybridized carbons (Fsp3) is 0.0698. The molecule has 0 amide bonds. The lowest BCUT2D eigenvalue weighted by Gasteiger charge is -2.38. The molecule has 1 aliphatic carbocycles. The summed E-state index contributed by atoms with van der Waals surface area (Å²) in [6.45, 7) is 2.50. The van der Waals surface area contributed by atoms with Crippen molar-refractivity contribution in [2.24, 2.45) is 0 Å². The maximum Gasteiger partial charge on any atom is 0.252 e. The highest BCUT2D eigenvalue weighted by Gasteiger charge is 2.43. The molecular weight excluding hydrogens is 569 g/mol. The van der Waals surface area contributed by atoms with Gasteiger partial charge < -0.3 is 14.0 Å². The van der Waals surface area contributed by atoms with Gasteiger partial charge in [0.05, 0.1) is 16.9 Å². The number of para-hydroxylation sites is 5. The van der Waals surface area contributed by atoms with Crippen LogP contribution >= 0.6 is 0 Å². The first kappa shape index (κ1) is 25.5. The molecule has 1 unspecified atom stereocenters. The molecule has 0 spiro atoms. The Balaban J connectivity index is 1.37. The molecule has 0 N–H and O–H groups in total. The van der Waals surface area contributed by atoms with E-state index < -0.39 is 0 Å². The number of aromatic nitrogens is 2. The van der Waals surface area contributed by atoms with Crippen molar-refractivity contribution in [3.63, 3.8) is 0 Å².